The van der Waals surface area contributed by atoms with Crippen molar-refractivity contribution < 1.29 is 78.7 Å². The Kier molecular flexibility index (Phi) is 27.1. The fraction of sp³-hybridized carbons (Fsp3) is 0.143. The third-order valence-corrected chi connectivity index (χ3v) is 22.9. The molecule has 21 aromatic rings. The molecule has 0 aliphatic rings. The third-order valence-electron chi connectivity index (χ3n) is 22.9. The molecular weight excluding hydrogens is 1770 g/mol. The molecular formula is C112H94N12O16. The minimum absolute atomic E-state index is 0.0774. The third kappa shape index (κ3) is 19.2. The monoisotopic (exact) mass is 1860 g/mol. The minimum Gasteiger partial charge on any atom is -0.507 e. The largest absolute Gasteiger partial charge is 0.507 e. The van der Waals surface area contributed by atoms with Crippen LogP contribution < -0.4 is 37.9 Å². The van der Waals surface area contributed by atoms with Crippen molar-refractivity contribution >= 4 is 97.0 Å². The average molecular weight is 1860 g/mol. The Morgan fingerprint density at radius 3 is 0.807 bits per heavy atom. The molecule has 0 saturated carbocycles. The van der Waals surface area contributed by atoms with Crippen molar-refractivity contribution in [1.82, 2.24) is 59.8 Å². The second kappa shape index (κ2) is 41.0. The lowest BCUT2D eigenvalue weighted by molar-refractivity contribution is 0.312. The molecule has 0 bridgehead atoms. The van der Waals surface area contributed by atoms with Gasteiger partial charge in [0.1, 0.15) is 91.2 Å². The Labute approximate surface area is 802 Å². The van der Waals surface area contributed by atoms with Gasteiger partial charge in [0.2, 0.25) is 0 Å². The molecule has 0 aliphatic heterocycles. The number of aromatic hydroxyl groups is 8. The van der Waals surface area contributed by atoms with Crippen LogP contribution in [-0.2, 0) is 0 Å². The maximum Gasteiger partial charge on any atom is 0.320 e. The van der Waals surface area contributed by atoms with Crippen LogP contribution in [0.3, 0.4) is 0 Å². The molecule has 4 aromatic heterocycles. The molecule has 0 radical (unpaired) electrons. The molecule has 0 aliphatic carbocycles. The molecule has 140 heavy (non-hydrogen) atoms. The lowest BCUT2D eigenvalue weighted by atomic mass is 9.93. The Morgan fingerprint density at radius 1 is 0.171 bits per heavy atom. The van der Waals surface area contributed by atoms with Gasteiger partial charge in [-0.15, -0.1) is 0 Å². The van der Waals surface area contributed by atoms with Crippen molar-refractivity contribution in [2.45, 2.75) is 55.4 Å². The van der Waals surface area contributed by atoms with Crippen LogP contribution in [0.4, 0.5) is 0 Å². The Hall–Kier alpha value is -18.1. The van der Waals surface area contributed by atoms with Gasteiger partial charge in [-0.1, -0.05) is 194 Å². The van der Waals surface area contributed by atoms with Gasteiger partial charge in [-0.25, -0.2) is 19.9 Å². The van der Waals surface area contributed by atoms with E-state index in [4.69, 9.17) is 47.9 Å². The first kappa shape index (κ1) is 92.4. The summed E-state index contributed by atoms with van der Waals surface area (Å²) in [5.74, 6) is 1.67. The van der Waals surface area contributed by atoms with Gasteiger partial charge in [0, 0.05) is 70.8 Å². The highest BCUT2D eigenvalue weighted by Crippen LogP contribution is 2.48. The summed E-state index contributed by atoms with van der Waals surface area (Å²) in [6.45, 7) is 17.6. The van der Waals surface area contributed by atoms with E-state index in [1.165, 1.54) is 53.9 Å². The molecule has 0 spiro atoms. The van der Waals surface area contributed by atoms with Crippen LogP contribution in [-0.4, -0.2) is 154 Å². The van der Waals surface area contributed by atoms with E-state index < -0.39 is 0 Å². The van der Waals surface area contributed by atoms with Gasteiger partial charge in [-0.3, -0.25) is 0 Å². The Balaban J connectivity index is 0.000000124. The summed E-state index contributed by atoms with van der Waals surface area (Å²) in [4.78, 5) is 54.3. The van der Waals surface area contributed by atoms with Crippen LogP contribution in [0.2, 0.25) is 0 Å². The van der Waals surface area contributed by atoms with Crippen molar-refractivity contribution in [2.75, 3.05) is 52.9 Å². The van der Waals surface area contributed by atoms with Crippen molar-refractivity contribution in [3.05, 3.63) is 279 Å². The highest BCUT2D eigenvalue weighted by molar-refractivity contribution is 6.21. The molecule has 0 saturated heterocycles. The predicted octanol–water partition coefficient (Wildman–Crippen LogP) is 24.0. The van der Waals surface area contributed by atoms with Crippen LogP contribution in [0.15, 0.2) is 279 Å². The summed E-state index contributed by atoms with van der Waals surface area (Å²) in [5.41, 5.74) is 3.49. The number of nitrogens with zero attached hydrogens (tertiary/aromatic N) is 12. The molecule has 0 amide bonds. The highest BCUT2D eigenvalue weighted by Gasteiger charge is 2.28. The summed E-state index contributed by atoms with van der Waals surface area (Å²) < 4.78 is 44.2. The molecule has 0 atom stereocenters. The van der Waals surface area contributed by atoms with Crippen LogP contribution in [0, 0.1) is 0 Å². The number of fused-ring (bicyclic) bond motifs is 12. The van der Waals surface area contributed by atoms with Gasteiger partial charge in [-0.05, 0) is 189 Å². The zero-order chi connectivity index (χ0) is 97.2. The number of aromatic nitrogens is 12. The second-order valence-electron chi connectivity index (χ2n) is 31.9. The zero-order valence-electron chi connectivity index (χ0n) is 77.4. The topological polar surface area (TPSA) is 390 Å². The summed E-state index contributed by atoms with van der Waals surface area (Å²) >= 11 is 0. The summed E-state index contributed by atoms with van der Waals surface area (Å²) in [6.07, 6.45) is 0. The SMILES string of the molecule is CCOc1cc(O)c(-c2nc(OCC)nc(-c3c4ccccc4cc4ccccc34)n2)c(O)c1.CCOc1cc(O)c(-c2nc(OCC)nc(-c3cc4c5ccccc5ccc4c4ccccc34)n2)c(O)c1.CCOc1cc(O)c(-c2nc(OCC)nc(-c3cc4ccccc4c4ccccc34)n2)c(O)c1.CCOc1cc(O)c(-c2nc(OCC)nc(-c3ccc4cc5ccccc5cc4c3)n2)c(O)c1. The van der Waals surface area contributed by atoms with E-state index in [9.17, 15) is 40.9 Å². The average Bonchev–Trinajstić information content (AvgIpc) is 0.733. The van der Waals surface area contributed by atoms with E-state index in [1.54, 1.807) is 0 Å². The molecule has 28 heteroatoms. The number of phenolic OH excluding ortho intramolecular Hbond substituents is 8. The summed E-state index contributed by atoms with van der Waals surface area (Å²) in [6, 6.07) is 89.4. The molecule has 17 aromatic carbocycles. The number of ether oxygens (including phenoxy) is 8. The van der Waals surface area contributed by atoms with E-state index in [0.29, 0.717) is 99.2 Å². The Bertz CT molecular complexity index is 8140. The van der Waals surface area contributed by atoms with E-state index in [1.807, 2.05) is 207 Å². The number of benzene rings is 17. The molecule has 0 unspecified atom stereocenters. The van der Waals surface area contributed by atoms with Crippen molar-refractivity contribution in [1.29, 1.82) is 0 Å². The number of phenols is 8. The first-order chi connectivity index (χ1) is 68.3. The molecule has 8 N–H and O–H groups in total. The number of hydrogen-bond donors (Lipinski definition) is 8. The lowest BCUT2D eigenvalue weighted by Gasteiger charge is -2.14. The highest BCUT2D eigenvalue weighted by atomic mass is 16.5. The molecule has 698 valence electrons. The van der Waals surface area contributed by atoms with Crippen molar-refractivity contribution in [3.8, 4) is 184 Å². The molecule has 4 heterocycles. The molecule has 0 fully saturated rings. The van der Waals surface area contributed by atoms with Crippen LogP contribution in [0.5, 0.6) is 93.0 Å². The van der Waals surface area contributed by atoms with E-state index in [0.717, 1.165) is 114 Å². The fourth-order valence-electron chi connectivity index (χ4n) is 17.0. The standard InChI is InChI=1S/C31H25N3O4.3C27H23N3O4/c1-3-37-19-15-26(35)28(27(36)16-19)30-32-29(33-31(34-30)38-4-2)25-17-24-20-10-6-5-9-18(20)13-14-23(24)21-11-7-8-12-22(21)25;1-3-33-18-14-21(31)24(22(32)15-18)26-28-25(29-27(30-26)34-4-2)23-19-11-7-5-9-16(19)13-17-10-6-8-12-20(17)23;1-3-33-17-14-22(31)24(23(32)15-17)26-28-25(29-27(30-26)34-4-2)21-13-16-9-5-6-10-18(16)19-11-7-8-12-20(19)21;1-3-33-21-14-22(31)24(23(32)15-21)26-28-25(29-27(30-26)34-4-2)19-10-9-18-11-16-7-5-6-8-17(16)12-20(18)13-19/h5-17,35-36H,3-4H2,1-2H3;3*5-15,31-32H,3-4H2,1-2H3. The molecule has 21 rings (SSSR count). The summed E-state index contributed by atoms with van der Waals surface area (Å²) in [5, 5.41) is 105. The first-order valence-electron chi connectivity index (χ1n) is 45.7. The lowest BCUT2D eigenvalue weighted by Crippen LogP contribution is -2.04. The van der Waals surface area contributed by atoms with Crippen LogP contribution in [0.25, 0.3) is 188 Å². The van der Waals surface area contributed by atoms with Crippen molar-refractivity contribution in [3.63, 3.8) is 0 Å². The van der Waals surface area contributed by atoms with Crippen LogP contribution in [0.1, 0.15) is 55.4 Å². The molecule has 28 nitrogen and oxygen atoms in total. The van der Waals surface area contributed by atoms with Gasteiger partial charge >= 0.3 is 24.0 Å². The van der Waals surface area contributed by atoms with Gasteiger partial charge in [0.05, 0.1) is 52.9 Å². The first-order valence-corrected chi connectivity index (χ1v) is 45.7. The normalized spacial score (nSPS) is 11.2. The number of hydrogen-bond acceptors (Lipinski definition) is 28. The van der Waals surface area contributed by atoms with Gasteiger partial charge < -0.3 is 78.7 Å². The van der Waals surface area contributed by atoms with Gasteiger partial charge in [-0.2, -0.15) is 39.9 Å². The van der Waals surface area contributed by atoms with Crippen LogP contribution >= 0.6 is 0 Å². The quantitative estimate of drug-likeness (QED) is 0.0206. The van der Waals surface area contributed by atoms with Gasteiger partial charge in [0.15, 0.2) is 46.6 Å². The van der Waals surface area contributed by atoms with E-state index in [2.05, 4.69) is 129 Å². The predicted molar refractivity (Wildman–Crippen MR) is 543 cm³/mol. The van der Waals surface area contributed by atoms with Gasteiger partial charge in [0.25, 0.3) is 0 Å². The van der Waals surface area contributed by atoms with E-state index in [-0.39, 0.29) is 116 Å². The smallest absolute Gasteiger partial charge is 0.320 e. The minimum atomic E-state index is -0.206. The number of rotatable bonds is 24. The fourth-order valence-corrected chi connectivity index (χ4v) is 17.0. The Morgan fingerprint density at radius 2 is 0.421 bits per heavy atom. The maximum atomic E-state index is 10.8. The summed E-state index contributed by atoms with van der Waals surface area (Å²) in [7, 11) is 0. The zero-order valence-corrected chi connectivity index (χ0v) is 77.4. The maximum absolute atomic E-state index is 10.8. The van der Waals surface area contributed by atoms with E-state index >= 15 is 0 Å². The van der Waals surface area contributed by atoms with Crippen molar-refractivity contribution in [2.24, 2.45) is 0 Å². The second-order valence-corrected chi connectivity index (χ2v) is 31.9.